The zero-order chi connectivity index (χ0) is 16.1. The molecule has 0 amide bonds. The summed E-state index contributed by atoms with van der Waals surface area (Å²) in [5.74, 6) is 0.997. The van der Waals surface area contributed by atoms with Crippen LogP contribution in [0.5, 0.6) is 0 Å². The number of carboxylic acids is 1. The molecule has 1 aromatic rings. The maximum Gasteiger partial charge on any atom is 0.306 e. The van der Waals surface area contributed by atoms with E-state index >= 15 is 0 Å². The lowest BCUT2D eigenvalue weighted by Crippen LogP contribution is -2.37. The summed E-state index contributed by atoms with van der Waals surface area (Å²) in [5.41, 5.74) is 6.72. The first-order valence-electron chi connectivity index (χ1n) is 7.81. The van der Waals surface area contributed by atoms with Gasteiger partial charge in [-0.15, -0.1) is 0 Å². The van der Waals surface area contributed by atoms with Gasteiger partial charge < -0.3 is 21.1 Å². The number of carbonyl (C=O) groups is 1. The summed E-state index contributed by atoms with van der Waals surface area (Å²) in [6.07, 6.45) is 3.79. The third-order valence-corrected chi connectivity index (χ3v) is 4.02. The Balaban J connectivity index is 2.01. The van der Waals surface area contributed by atoms with Crippen LogP contribution in [0.15, 0.2) is 6.33 Å². The summed E-state index contributed by atoms with van der Waals surface area (Å²) in [5, 5.41) is 12.3. The van der Waals surface area contributed by atoms with E-state index in [-0.39, 0.29) is 5.92 Å². The van der Waals surface area contributed by atoms with Gasteiger partial charge in [0.15, 0.2) is 11.6 Å². The maximum atomic E-state index is 11.0. The Labute approximate surface area is 130 Å². The molecule has 0 bridgehead atoms. The van der Waals surface area contributed by atoms with Gasteiger partial charge in [-0.25, -0.2) is 9.97 Å². The lowest BCUT2D eigenvalue weighted by molar-refractivity contribution is -0.142. The minimum absolute atomic E-state index is 0.261. The number of hydrogen-bond donors (Lipinski definition) is 3. The van der Waals surface area contributed by atoms with Gasteiger partial charge in [-0.3, -0.25) is 4.79 Å². The van der Waals surface area contributed by atoms with Gasteiger partial charge in [0.2, 0.25) is 0 Å². The second-order valence-corrected chi connectivity index (χ2v) is 6.17. The number of rotatable bonds is 6. The molecule has 122 valence electrons. The van der Waals surface area contributed by atoms with Crippen molar-refractivity contribution in [2.75, 3.05) is 35.6 Å². The predicted octanol–water partition coefficient (Wildman–Crippen LogP) is 1.82. The van der Waals surface area contributed by atoms with Crippen LogP contribution >= 0.6 is 0 Å². The van der Waals surface area contributed by atoms with Crippen molar-refractivity contribution in [1.29, 1.82) is 0 Å². The van der Waals surface area contributed by atoms with Crippen molar-refractivity contribution >= 4 is 23.3 Å². The van der Waals surface area contributed by atoms with Crippen LogP contribution in [0.4, 0.5) is 17.3 Å². The fourth-order valence-electron chi connectivity index (χ4n) is 2.60. The summed E-state index contributed by atoms with van der Waals surface area (Å²) in [6, 6.07) is 0. The predicted molar refractivity (Wildman–Crippen MR) is 87.0 cm³/mol. The molecule has 7 nitrogen and oxygen atoms in total. The lowest BCUT2D eigenvalue weighted by Gasteiger charge is -2.31. The number of nitrogens with one attached hydrogen (secondary N) is 1. The number of nitrogens with zero attached hydrogens (tertiary/aromatic N) is 3. The Morgan fingerprint density at radius 2 is 2.14 bits per heavy atom. The summed E-state index contributed by atoms with van der Waals surface area (Å²) in [4.78, 5) is 21.5. The second-order valence-electron chi connectivity index (χ2n) is 6.17. The highest BCUT2D eigenvalue weighted by Crippen LogP contribution is 2.29. The van der Waals surface area contributed by atoms with E-state index in [9.17, 15) is 4.79 Å². The van der Waals surface area contributed by atoms with Gasteiger partial charge in [0.05, 0.1) is 5.92 Å². The van der Waals surface area contributed by atoms with Gasteiger partial charge in [-0.1, -0.05) is 13.8 Å². The Bertz CT molecular complexity index is 513. The molecule has 0 spiro atoms. The number of hydrogen-bond acceptors (Lipinski definition) is 6. The quantitative estimate of drug-likeness (QED) is 0.736. The number of aliphatic carboxylic acids is 1. The first-order chi connectivity index (χ1) is 10.5. The Hall–Kier alpha value is -2.05. The Morgan fingerprint density at radius 3 is 2.73 bits per heavy atom. The standard InChI is InChI=1S/C15H25N5O2/c1-10(2)3-6-17-13-12(16)14(19-9-18-13)20-7-4-11(5-8-20)15(21)22/h9-11H,3-8,16H2,1-2H3,(H,21,22)(H,17,18,19). The minimum Gasteiger partial charge on any atom is -0.481 e. The summed E-state index contributed by atoms with van der Waals surface area (Å²) < 4.78 is 0. The van der Waals surface area contributed by atoms with Crippen molar-refractivity contribution in [3.05, 3.63) is 6.33 Å². The molecule has 4 N–H and O–H groups in total. The summed E-state index contributed by atoms with van der Waals surface area (Å²) in [7, 11) is 0. The number of piperidine rings is 1. The first-order valence-corrected chi connectivity index (χ1v) is 7.81. The van der Waals surface area contributed by atoms with Crippen molar-refractivity contribution in [3.63, 3.8) is 0 Å². The average Bonchev–Trinajstić information content (AvgIpc) is 2.49. The van der Waals surface area contributed by atoms with Crippen LogP contribution in [0.25, 0.3) is 0 Å². The number of nitrogen functional groups attached to an aromatic ring is 1. The highest BCUT2D eigenvalue weighted by Gasteiger charge is 2.26. The van der Waals surface area contributed by atoms with Crippen LogP contribution in [-0.2, 0) is 4.79 Å². The van der Waals surface area contributed by atoms with Crippen molar-refractivity contribution in [1.82, 2.24) is 9.97 Å². The van der Waals surface area contributed by atoms with Gasteiger partial charge in [-0.05, 0) is 25.2 Å². The van der Waals surface area contributed by atoms with Gasteiger partial charge in [0, 0.05) is 19.6 Å². The molecule has 0 radical (unpaired) electrons. The summed E-state index contributed by atoms with van der Waals surface area (Å²) in [6.45, 7) is 6.47. The Kier molecular flexibility index (Phi) is 5.41. The average molecular weight is 307 g/mol. The van der Waals surface area contributed by atoms with Gasteiger partial charge in [0.1, 0.15) is 12.0 Å². The molecule has 1 fully saturated rings. The van der Waals surface area contributed by atoms with E-state index in [1.165, 1.54) is 6.33 Å². The van der Waals surface area contributed by atoms with Gasteiger partial charge in [0.25, 0.3) is 0 Å². The van der Waals surface area contributed by atoms with Crippen molar-refractivity contribution < 1.29 is 9.90 Å². The molecule has 1 saturated heterocycles. The fourth-order valence-corrected chi connectivity index (χ4v) is 2.60. The topological polar surface area (TPSA) is 104 Å². The van der Waals surface area contributed by atoms with Crippen molar-refractivity contribution in [2.45, 2.75) is 33.1 Å². The molecule has 22 heavy (non-hydrogen) atoms. The van der Waals surface area contributed by atoms with Crippen LogP contribution < -0.4 is 16.0 Å². The maximum absolute atomic E-state index is 11.0. The van der Waals surface area contributed by atoms with Crippen LogP contribution in [0.1, 0.15) is 33.1 Å². The fraction of sp³-hybridized carbons (Fsp3) is 0.667. The smallest absolute Gasteiger partial charge is 0.306 e. The van der Waals surface area contributed by atoms with E-state index in [4.69, 9.17) is 10.8 Å². The lowest BCUT2D eigenvalue weighted by atomic mass is 9.97. The minimum atomic E-state index is -0.716. The molecule has 1 aromatic heterocycles. The molecule has 7 heteroatoms. The third-order valence-electron chi connectivity index (χ3n) is 4.02. The Morgan fingerprint density at radius 1 is 1.45 bits per heavy atom. The van der Waals surface area contributed by atoms with Gasteiger partial charge >= 0.3 is 5.97 Å². The molecule has 0 aromatic carbocycles. The van der Waals surface area contributed by atoms with Crippen molar-refractivity contribution in [3.8, 4) is 0 Å². The van der Waals surface area contributed by atoms with Gasteiger partial charge in [-0.2, -0.15) is 0 Å². The first kappa shape index (κ1) is 16.3. The van der Waals surface area contributed by atoms with Crippen LogP contribution in [0.2, 0.25) is 0 Å². The third kappa shape index (κ3) is 3.99. The molecule has 1 aliphatic rings. The highest BCUT2D eigenvalue weighted by atomic mass is 16.4. The molecule has 2 rings (SSSR count). The zero-order valence-corrected chi connectivity index (χ0v) is 13.2. The van der Waals surface area contributed by atoms with E-state index in [1.54, 1.807) is 0 Å². The van der Waals surface area contributed by atoms with Crippen LogP contribution in [0, 0.1) is 11.8 Å². The van der Waals surface area contributed by atoms with E-state index < -0.39 is 5.97 Å². The molecule has 0 atom stereocenters. The molecular weight excluding hydrogens is 282 g/mol. The molecule has 0 aliphatic carbocycles. The number of aromatic nitrogens is 2. The molecule has 1 aliphatic heterocycles. The van der Waals surface area contributed by atoms with E-state index in [0.29, 0.717) is 49.2 Å². The van der Waals surface area contributed by atoms with E-state index in [1.807, 2.05) is 4.90 Å². The zero-order valence-electron chi connectivity index (χ0n) is 13.2. The number of carboxylic acid groups (broad SMARTS) is 1. The monoisotopic (exact) mass is 307 g/mol. The summed E-state index contributed by atoms with van der Waals surface area (Å²) >= 11 is 0. The SMILES string of the molecule is CC(C)CCNc1ncnc(N2CCC(C(=O)O)CC2)c1N. The van der Waals surface area contributed by atoms with E-state index in [0.717, 1.165) is 13.0 Å². The number of anilines is 3. The normalized spacial score (nSPS) is 16.0. The second kappa shape index (κ2) is 7.29. The molecule has 0 saturated carbocycles. The van der Waals surface area contributed by atoms with E-state index in [2.05, 4.69) is 29.1 Å². The largest absolute Gasteiger partial charge is 0.481 e. The van der Waals surface area contributed by atoms with Crippen LogP contribution in [-0.4, -0.2) is 40.7 Å². The van der Waals surface area contributed by atoms with Crippen molar-refractivity contribution in [2.24, 2.45) is 11.8 Å². The van der Waals surface area contributed by atoms with Crippen LogP contribution in [0.3, 0.4) is 0 Å². The molecule has 0 unspecified atom stereocenters. The molecular formula is C15H25N5O2. The molecule has 2 heterocycles. The number of nitrogens with two attached hydrogens (primary N) is 1. The highest BCUT2D eigenvalue weighted by molar-refractivity contribution is 5.75.